The SMILES string of the molecule is C.CC.COc1ccc(CN2Cc3nc(-c4c(F)cccc4F)cc(Nc4ccc(NC(C)(C)C)cn4)c3C2=O)c(OC)c1. The van der Waals surface area contributed by atoms with Crippen LogP contribution in [-0.2, 0) is 13.1 Å². The van der Waals surface area contributed by atoms with E-state index >= 15 is 0 Å². The van der Waals surface area contributed by atoms with Crippen LogP contribution in [0.2, 0.25) is 0 Å². The van der Waals surface area contributed by atoms with Crippen LogP contribution in [-0.4, -0.2) is 40.5 Å². The van der Waals surface area contributed by atoms with Gasteiger partial charge in [-0.1, -0.05) is 27.3 Å². The summed E-state index contributed by atoms with van der Waals surface area (Å²) in [5.74, 6) is -0.115. The molecule has 0 atom stereocenters. The summed E-state index contributed by atoms with van der Waals surface area (Å²) in [6.45, 7) is 10.5. The highest BCUT2D eigenvalue weighted by molar-refractivity contribution is 6.04. The van der Waals surface area contributed by atoms with E-state index in [0.717, 1.165) is 11.3 Å². The fraction of sp³-hybridized carbons (Fsp3) is 0.324. The summed E-state index contributed by atoms with van der Waals surface area (Å²) in [7, 11) is 3.11. The third-order valence-corrected chi connectivity index (χ3v) is 6.56. The van der Waals surface area contributed by atoms with Crippen LogP contribution in [0, 0.1) is 11.6 Å². The van der Waals surface area contributed by atoms with Gasteiger partial charge in [-0.25, -0.2) is 18.7 Å². The van der Waals surface area contributed by atoms with Crippen LogP contribution in [0.15, 0.2) is 60.8 Å². The fourth-order valence-corrected chi connectivity index (χ4v) is 4.76. The Labute approximate surface area is 258 Å². The molecule has 5 rings (SSSR count). The molecule has 8 nitrogen and oxygen atoms in total. The Bertz CT molecular complexity index is 1580. The molecule has 0 spiro atoms. The lowest BCUT2D eigenvalue weighted by Gasteiger charge is -2.22. The number of methoxy groups -OCH3 is 2. The molecule has 1 amide bonds. The van der Waals surface area contributed by atoms with E-state index in [9.17, 15) is 13.6 Å². The smallest absolute Gasteiger partial charge is 0.258 e. The quantitative estimate of drug-likeness (QED) is 0.209. The maximum Gasteiger partial charge on any atom is 0.258 e. The van der Waals surface area contributed by atoms with Gasteiger partial charge in [0.1, 0.15) is 29.0 Å². The third kappa shape index (κ3) is 7.42. The molecule has 0 radical (unpaired) electrons. The van der Waals surface area contributed by atoms with Gasteiger partial charge in [-0.2, -0.15) is 0 Å². The number of benzene rings is 2. The van der Waals surface area contributed by atoms with Gasteiger partial charge in [-0.15, -0.1) is 0 Å². The maximum absolute atomic E-state index is 14.8. The van der Waals surface area contributed by atoms with Gasteiger partial charge in [-0.3, -0.25) is 4.79 Å². The van der Waals surface area contributed by atoms with Crippen molar-refractivity contribution in [3.63, 3.8) is 0 Å². The summed E-state index contributed by atoms with van der Waals surface area (Å²) in [6, 6.07) is 14.1. The molecule has 2 N–H and O–H groups in total. The standard InChI is InChI=1S/C31H31F2N5O3.C2H6.CH4/c1-31(2,3)37-19-10-12-27(34-15-19)36-24-14-23(28-21(32)7-6-8-22(28)33)35-25-17-38(30(39)29(24)25)16-18-9-11-20(40-4)13-26(18)41-5;1-2;/h6-15,37H,16-17H2,1-5H3,(H,34,35,36);1-2H3;1H4. The van der Waals surface area contributed by atoms with E-state index < -0.39 is 11.6 Å². The van der Waals surface area contributed by atoms with Gasteiger partial charge in [0.15, 0.2) is 0 Å². The number of rotatable bonds is 8. The number of aromatic nitrogens is 2. The van der Waals surface area contributed by atoms with Crippen molar-refractivity contribution >= 4 is 23.1 Å². The van der Waals surface area contributed by atoms with Crippen molar-refractivity contribution in [1.29, 1.82) is 0 Å². The van der Waals surface area contributed by atoms with Crippen molar-refractivity contribution in [3.05, 3.63) is 89.2 Å². The molecule has 10 heteroatoms. The number of carbonyl (C=O) groups is 1. The number of anilines is 3. The summed E-state index contributed by atoms with van der Waals surface area (Å²) in [5.41, 5.74) is 2.33. The number of fused-ring (bicyclic) bond motifs is 1. The summed E-state index contributed by atoms with van der Waals surface area (Å²) in [6.07, 6.45) is 1.68. The van der Waals surface area contributed by atoms with E-state index in [4.69, 9.17) is 9.47 Å². The van der Waals surface area contributed by atoms with Crippen LogP contribution in [0.25, 0.3) is 11.3 Å². The average molecular weight is 606 g/mol. The van der Waals surface area contributed by atoms with E-state index in [1.165, 1.54) is 24.3 Å². The van der Waals surface area contributed by atoms with Crippen LogP contribution in [0.3, 0.4) is 0 Å². The van der Waals surface area contributed by atoms with Gasteiger partial charge in [0.2, 0.25) is 0 Å². The number of pyridine rings is 2. The van der Waals surface area contributed by atoms with Gasteiger partial charge in [0.05, 0.1) is 67.4 Å². The first-order chi connectivity index (χ1) is 20.6. The summed E-state index contributed by atoms with van der Waals surface area (Å²) in [5, 5.41) is 6.53. The number of carbonyl (C=O) groups excluding carboxylic acids is 1. The Hall–Kier alpha value is -4.73. The van der Waals surface area contributed by atoms with Crippen molar-refractivity contribution in [1.82, 2.24) is 14.9 Å². The molecule has 3 heterocycles. The molecule has 44 heavy (non-hydrogen) atoms. The molecule has 0 saturated heterocycles. The topological polar surface area (TPSA) is 88.6 Å². The van der Waals surface area contributed by atoms with Gasteiger partial charge in [0.25, 0.3) is 5.91 Å². The van der Waals surface area contributed by atoms with E-state index in [1.807, 2.05) is 46.8 Å². The van der Waals surface area contributed by atoms with Crippen LogP contribution in [0.1, 0.15) is 63.7 Å². The molecule has 1 aliphatic rings. The number of hydrogen-bond donors (Lipinski definition) is 2. The molecular weight excluding hydrogens is 564 g/mol. The molecule has 0 saturated carbocycles. The molecular formula is C34H41F2N5O3. The molecule has 2 aromatic heterocycles. The zero-order chi connectivity index (χ0) is 31.3. The Kier molecular flexibility index (Phi) is 10.9. The number of hydrogen-bond acceptors (Lipinski definition) is 7. The third-order valence-electron chi connectivity index (χ3n) is 6.56. The Morgan fingerprint density at radius 2 is 1.66 bits per heavy atom. The molecule has 0 unspecified atom stereocenters. The number of nitrogens with zero attached hydrogens (tertiary/aromatic N) is 3. The molecule has 4 aromatic rings. The zero-order valence-electron chi connectivity index (χ0n) is 25.5. The van der Waals surface area contributed by atoms with Crippen LogP contribution >= 0.6 is 0 Å². The van der Waals surface area contributed by atoms with E-state index in [2.05, 4.69) is 20.6 Å². The summed E-state index contributed by atoms with van der Waals surface area (Å²) < 4.78 is 40.4. The second kappa shape index (κ2) is 14.2. The maximum atomic E-state index is 14.8. The minimum atomic E-state index is -0.747. The predicted octanol–water partition coefficient (Wildman–Crippen LogP) is 8.21. The predicted molar refractivity (Wildman–Crippen MR) is 172 cm³/mol. The van der Waals surface area contributed by atoms with Crippen molar-refractivity contribution in [2.24, 2.45) is 0 Å². The van der Waals surface area contributed by atoms with Gasteiger partial charge >= 0.3 is 0 Å². The van der Waals surface area contributed by atoms with Crippen molar-refractivity contribution in [2.75, 3.05) is 24.9 Å². The lowest BCUT2D eigenvalue weighted by molar-refractivity contribution is 0.0766. The van der Waals surface area contributed by atoms with E-state index in [0.29, 0.717) is 34.3 Å². The Balaban J connectivity index is 0.00000173. The van der Waals surface area contributed by atoms with Crippen LogP contribution in [0.5, 0.6) is 11.5 Å². The molecule has 0 bridgehead atoms. The molecule has 0 fully saturated rings. The first-order valence-corrected chi connectivity index (χ1v) is 14.1. The largest absolute Gasteiger partial charge is 0.497 e. The zero-order valence-corrected chi connectivity index (χ0v) is 25.5. The minimum Gasteiger partial charge on any atom is -0.497 e. The first-order valence-electron chi connectivity index (χ1n) is 14.1. The molecule has 1 aliphatic heterocycles. The average Bonchev–Trinajstić information content (AvgIpc) is 3.29. The summed E-state index contributed by atoms with van der Waals surface area (Å²) in [4.78, 5) is 24.4. The first kappa shape index (κ1) is 33.8. The lowest BCUT2D eigenvalue weighted by Crippen LogP contribution is -2.26. The monoisotopic (exact) mass is 605 g/mol. The number of halogens is 2. The highest BCUT2D eigenvalue weighted by atomic mass is 19.1. The Morgan fingerprint density at radius 1 is 0.955 bits per heavy atom. The van der Waals surface area contributed by atoms with Gasteiger partial charge in [0, 0.05) is 17.2 Å². The number of amides is 1. The highest BCUT2D eigenvalue weighted by Crippen LogP contribution is 2.37. The number of ether oxygens (including phenoxy) is 2. The fourth-order valence-electron chi connectivity index (χ4n) is 4.76. The van der Waals surface area contributed by atoms with Crippen LogP contribution < -0.4 is 20.1 Å². The van der Waals surface area contributed by atoms with Crippen LogP contribution in [0.4, 0.5) is 26.0 Å². The highest BCUT2D eigenvalue weighted by Gasteiger charge is 2.33. The number of nitrogens with one attached hydrogen (secondary N) is 2. The van der Waals surface area contributed by atoms with Crippen molar-refractivity contribution < 1.29 is 23.0 Å². The second-order valence-electron chi connectivity index (χ2n) is 10.7. The second-order valence-corrected chi connectivity index (χ2v) is 10.7. The molecule has 234 valence electrons. The summed E-state index contributed by atoms with van der Waals surface area (Å²) >= 11 is 0. The minimum absolute atomic E-state index is 0. The van der Waals surface area contributed by atoms with Gasteiger partial charge < -0.3 is 25.0 Å². The molecule has 2 aromatic carbocycles. The van der Waals surface area contributed by atoms with E-state index in [1.54, 1.807) is 43.5 Å². The van der Waals surface area contributed by atoms with E-state index in [-0.39, 0.29) is 43.2 Å². The van der Waals surface area contributed by atoms with Crippen molar-refractivity contribution in [2.45, 2.75) is 60.7 Å². The van der Waals surface area contributed by atoms with Crippen molar-refractivity contribution in [3.8, 4) is 22.8 Å². The molecule has 0 aliphatic carbocycles. The Morgan fingerprint density at radius 3 is 2.25 bits per heavy atom. The van der Waals surface area contributed by atoms with Gasteiger partial charge in [-0.05, 0) is 63.2 Å². The lowest BCUT2D eigenvalue weighted by atomic mass is 10.1. The normalized spacial score (nSPS) is 12.0.